The average molecular weight is 309 g/mol. The van der Waals surface area contributed by atoms with E-state index < -0.39 is 11.5 Å². The van der Waals surface area contributed by atoms with Crippen molar-refractivity contribution < 1.29 is 14.3 Å². The number of methoxy groups -OCH3 is 1. The molecule has 1 unspecified atom stereocenters. The monoisotopic (exact) mass is 309 g/mol. The SMILES string of the molecule is CCN(CC)CC#CCC(C(=O)C(C)C)C(=O)C(C)(C)OC. The van der Waals surface area contributed by atoms with E-state index in [0.717, 1.165) is 13.1 Å². The summed E-state index contributed by atoms with van der Waals surface area (Å²) in [6.45, 7) is 13.7. The van der Waals surface area contributed by atoms with Gasteiger partial charge in [-0.25, -0.2) is 0 Å². The van der Waals surface area contributed by atoms with E-state index in [0.29, 0.717) is 6.54 Å². The van der Waals surface area contributed by atoms with Gasteiger partial charge in [0.1, 0.15) is 11.4 Å². The number of ketones is 2. The van der Waals surface area contributed by atoms with E-state index in [1.165, 1.54) is 7.11 Å². The van der Waals surface area contributed by atoms with Crippen LogP contribution >= 0.6 is 0 Å². The van der Waals surface area contributed by atoms with E-state index >= 15 is 0 Å². The molecule has 0 saturated carbocycles. The van der Waals surface area contributed by atoms with Gasteiger partial charge >= 0.3 is 0 Å². The van der Waals surface area contributed by atoms with Crippen molar-refractivity contribution in [3.63, 3.8) is 0 Å². The van der Waals surface area contributed by atoms with Crippen LogP contribution in [0.1, 0.15) is 48.0 Å². The van der Waals surface area contributed by atoms with Crippen LogP contribution in [0.2, 0.25) is 0 Å². The number of ether oxygens (including phenoxy) is 1. The minimum absolute atomic E-state index is 0.0627. The average Bonchev–Trinajstić information content (AvgIpc) is 2.49. The molecular formula is C18H31NO3. The van der Waals surface area contributed by atoms with Crippen LogP contribution in [0.5, 0.6) is 0 Å². The third-order valence-electron chi connectivity index (χ3n) is 3.96. The third kappa shape index (κ3) is 6.29. The van der Waals surface area contributed by atoms with E-state index in [-0.39, 0.29) is 23.9 Å². The lowest BCUT2D eigenvalue weighted by Crippen LogP contribution is -2.42. The van der Waals surface area contributed by atoms with Crippen molar-refractivity contribution in [3.8, 4) is 11.8 Å². The second kappa shape index (κ2) is 9.76. The Hall–Kier alpha value is -1.18. The maximum atomic E-state index is 12.6. The first-order valence-electron chi connectivity index (χ1n) is 8.02. The molecule has 0 rings (SSSR count). The van der Waals surface area contributed by atoms with Crippen molar-refractivity contribution in [1.29, 1.82) is 0 Å². The highest BCUT2D eigenvalue weighted by molar-refractivity contribution is 6.06. The van der Waals surface area contributed by atoms with Crippen molar-refractivity contribution >= 4 is 11.6 Å². The molecule has 0 amide bonds. The standard InChI is InChI=1S/C18H31NO3/c1-8-19(9-2)13-11-10-12-15(16(20)14(3)4)17(21)18(5,6)22-7/h14-15H,8-9,12-13H2,1-7H3. The zero-order valence-electron chi connectivity index (χ0n) is 15.2. The van der Waals surface area contributed by atoms with E-state index in [4.69, 9.17) is 4.74 Å². The summed E-state index contributed by atoms with van der Waals surface area (Å²) in [5, 5.41) is 0. The lowest BCUT2D eigenvalue weighted by Gasteiger charge is -2.26. The molecule has 4 nitrogen and oxygen atoms in total. The van der Waals surface area contributed by atoms with Crippen LogP contribution < -0.4 is 0 Å². The highest BCUT2D eigenvalue weighted by atomic mass is 16.5. The molecule has 0 spiro atoms. The summed E-state index contributed by atoms with van der Waals surface area (Å²) in [5.74, 6) is 4.93. The fraction of sp³-hybridized carbons (Fsp3) is 0.778. The van der Waals surface area contributed by atoms with Gasteiger partial charge in [-0.3, -0.25) is 14.5 Å². The lowest BCUT2D eigenvalue weighted by molar-refractivity contribution is -0.146. The van der Waals surface area contributed by atoms with E-state index in [2.05, 4.69) is 30.6 Å². The first-order valence-corrected chi connectivity index (χ1v) is 8.02. The molecule has 0 aromatic rings. The smallest absolute Gasteiger partial charge is 0.175 e. The minimum Gasteiger partial charge on any atom is -0.371 e. The van der Waals surface area contributed by atoms with Crippen LogP contribution in [0.25, 0.3) is 0 Å². The normalized spacial score (nSPS) is 13.0. The molecule has 0 radical (unpaired) electrons. The van der Waals surface area contributed by atoms with Gasteiger partial charge in [0.15, 0.2) is 5.78 Å². The Balaban J connectivity index is 5.03. The summed E-state index contributed by atoms with van der Waals surface area (Å²) in [5.41, 5.74) is -0.963. The van der Waals surface area contributed by atoms with Gasteiger partial charge in [-0.15, -0.1) is 5.92 Å². The van der Waals surface area contributed by atoms with Crippen molar-refractivity contribution in [1.82, 2.24) is 4.90 Å². The topological polar surface area (TPSA) is 46.6 Å². The molecule has 4 heteroatoms. The highest BCUT2D eigenvalue weighted by Gasteiger charge is 2.37. The van der Waals surface area contributed by atoms with Gasteiger partial charge in [0.2, 0.25) is 0 Å². The Morgan fingerprint density at radius 2 is 1.68 bits per heavy atom. The lowest BCUT2D eigenvalue weighted by atomic mass is 9.83. The van der Waals surface area contributed by atoms with Crippen LogP contribution in [0.15, 0.2) is 0 Å². The molecule has 0 bridgehead atoms. The fourth-order valence-corrected chi connectivity index (χ4v) is 2.03. The Labute approximate surface area is 135 Å². The van der Waals surface area contributed by atoms with Gasteiger partial charge in [0.05, 0.1) is 12.5 Å². The van der Waals surface area contributed by atoms with Crippen LogP contribution in [-0.4, -0.2) is 48.8 Å². The molecule has 0 aromatic heterocycles. The number of hydrogen-bond acceptors (Lipinski definition) is 4. The van der Waals surface area contributed by atoms with Gasteiger partial charge in [0.25, 0.3) is 0 Å². The zero-order chi connectivity index (χ0) is 17.3. The quantitative estimate of drug-likeness (QED) is 0.485. The number of rotatable bonds is 9. The summed E-state index contributed by atoms with van der Waals surface area (Å²) in [7, 11) is 1.49. The molecule has 1 atom stereocenters. The second-order valence-electron chi connectivity index (χ2n) is 6.21. The van der Waals surface area contributed by atoms with E-state index in [9.17, 15) is 9.59 Å². The molecule has 0 saturated heterocycles. The third-order valence-corrected chi connectivity index (χ3v) is 3.96. The summed E-state index contributed by atoms with van der Waals surface area (Å²) in [6.07, 6.45) is 0.268. The number of carbonyl (C=O) groups is 2. The molecule has 0 aliphatic heterocycles. The predicted molar refractivity (Wildman–Crippen MR) is 89.6 cm³/mol. The van der Waals surface area contributed by atoms with Crippen LogP contribution in [0.4, 0.5) is 0 Å². The van der Waals surface area contributed by atoms with Crippen LogP contribution in [-0.2, 0) is 14.3 Å². The van der Waals surface area contributed by atoms with Crippen molar-refractivity contribution in [2.45, 2.75) is 53.6 Å². The molecule has 0 aliphatic carbocycles. The second-order valence-corrected chi connectivity index (χ2v) is 6.21. The van der Waals surface area contributed by atoms with Crippen LogP contribution in [0.3, 0.4) is 0 Å². The van der Waals surface area contributed by atoms with Gasteiger partial charge in [0, 0.05) is 19.4 Å². The maximum Gasteiger partial charge on any atom is 0.175 e. The Kier molecular flexibility index (Phi) is 9.24. The van der Waals surface area contributed by atoms with Gasteiger partial charge in [-0.1, -0.05) is 33.6 Å². The Bertz CT molecular complexity index is 425. The molecule has 126 valence electrons. The van der Waals surface area contributed by atoms with Gasteiger partial charge in [-0.05, 0) is 26.9 Å². The van der Waals surface area contributed by atoms with Crippen molar-refractivity contribution in [2.75, 3.05) is 26.7 Å². The zero-order valence-corrected chi connectivity index (χ0v) is 15.2. The Morgan fingerprint density at radius 3 is 2.09 bits per heavy atom. The maximum absolute atomic E-state index is 12.6. The van der Waals surface area contributed by atoms with Gasteiger partial charge < -0.3 is 4.74 Å². The molecule has 0 N–H and O–H groups in total. The Morgan fingerprint density at radius 1 is 1.14 bits per heavy atom. The van der Waals surface area contributed by atoms with E-state index in [1.54, 1.807) is 13.8 Å². The summed E-state index contributed by atoms with van der Waals surface area (Å²) in [6, 6.07) is 0. The summed E-state index contributed by atoms with van der Waals surface area (Å²) >= 11 is 0. The fourth-order valence-electron chi connectivity index (χ4n) is 2.03. The number of Topliss-reactive ketones (excluding diaryl/α,β-unsaturated/α-hetero) is 2. The number of nitrogens with zero attached hydrogens (tertiary/aromatic N) is 1. The number of hydrogen-bond donors (Lipinski definition) is 0. The molecule has 0 fully saturated rings. The largest absolute Gasteiger partial charge is 0.371 e. The number of carbonyl (C=O) groups excluding carboxylic acids is 2. The first kappa shape index (κ1) is 20.8. The molecular weight excluding hydrogens is 278 g/mol. The predicted octanol–water partition coefficient (Wildman–Crippen LogP) is 2.56. The highest BCUT2D eigenvalue weighted by Crippen LogP contribution is 2.21. The molecule has 22 heavy (non-hydrogen) atoms. The van der Waals surface area contributed by atoms with Gasteiger partial charge in [-0.2, -0.15) is 0 Å². The molecule has 0 aliphatic rings. The molecule has 0 heterocycles. The van der Waals surface area contributed by atoms with Crippen molar-refractivity contribution in [3.05, 3.63) is 0 Å². The van der Waals surface area contributed by atoms with Crippen molar-refractivity contribution in [2.24, 2.45) is 11.8 Å². The first-order chi connectivity index (χ1) is 10.2. The summed E-state index contributed by atoms with van der Waals surface area (Å²) < 4.78 is 5.23. The van der Waals surface area contributed by atoms with Crippen LogP contribution in [0, 0.1) is 23.7 Å². The minimum atomic E-state index is -0.963. The summed E-state index contributed by atoms with van der Waals surface area (Å²) in [4.78, 5) is 27.1. The molecule has 0 aromatic carbocycles. The van der Waals surface area contributed by atoms with E-state index in [1.807, 2.05) is 13.8 Å².